The molecule has 0 bridgehead atoms. The van der Waals surface area contributed by atoms with E-state index >= 15 is 0 Å². The Morgan fingerprint density at radius 2 is 1.16 bits per heavy atom. The number of imide groups is 2. The molecule has 0 spiro atoms. The predicted molar refractivity (Wildman–Crippen MR) is 119 cm³/mol. The molecule has 7 nitrogen and oxygen atoms in total. The summed E-state index contributed by atoms with van der Waals surface area (Å²) < 4.78 is 0. The van der Waals surface area contributed by atoms with Crippen LogP contribution < -0.4 is 4.90 Å². The second-order valence-corrected chi connectivity index (χ2v) is 8.05. The predicted octanol–water partition coefficient (Wildman–Crippen LogP) is 4.21. The molecule has 0 aliphatic carbocycles. The van der Waals surface area contributed by atoms with Gasteiger partial charge in [0.05, 0.1) is 5.69 Å². The fourth-order valence-corrected chi connectivity index (χ4v) is 4.55. The molecular weight excluding hydrogens is 406 g/mol. The quantitative estimate of drug-likeness (QED) is 0.434. The first-order valence-electron chi connectivity index (χ1n) is 10.8. The zero-order chi connectivity index (χ0) is 22.4. The van der Waals surface area contributed by atoms with Crippen LogP contribution in [-0.2, 0) is 0 Å². The summed E-state index contributed by atoms with van der Waals surface area (Å²) in [6.45, 7) is 2.46. The lowest BCUT2D eigenvalue weighted by Crippen LogP contribution is -2.43. The Morgan fingerprint density at radius 3 is 1.66 bits per heavy atom. The smallest absolute Gasteiger partial charge is 0.265 e. The van der Waals surface area contributed by atoms with Crippen LogP contribution >= 0.6 is 0 Å². The molecule has 0 unspecified atom stereocenters. The summed E-state index contributed by atoms with van der Waals surface area (Å²) in [5, 5.41) is 0.781. The van der Waals surface area contributed by atoms with Crippen molar-refractivity contribution >= 4 is 40.1 Å². The van der Waals surface area contributed by atoms with Crippen molar-refractivity contribution in [1.82, 2.24) is 9.88 Å². The number of unbranched alkanes of at least 4 members (excludes halogenated alkanes) is 3. The number of rotatable bonds is 6. The van der Waals surface area contributed by atoms with Gasteiger partial charge in [0, 0.05) is 52.0 Å². The number of nitrogens with zero attached hydrogens (tertiary/aromatic N) is 3. The number of amides is 4. The highest BCUT2D eigenvalue weighted by Crippen LogP contribution is 2.38. The number of carbonyl (C=O) groups is 4. The molecule has 3 aromatic rings. The standard InChI is InChI=1S/C25H21N3O4/c1-2-3-4-5-14-27-22(29)16-6-8-18-21-19(9-7-17(20(16)21)23(27)30)25(32)28(24(18)31)15-10-12-26-13-11-15/h6-13H,2-5,14H2,1H3. The maximum Gasteiger partial charge on any atom is 0.265 e. The molecule has 2 aromatic carbocycles. The van der Waals surface area contributed by atoms with Crippen molar-refractivity contribution in [1.29, 1.82) is 0 Å². The number of carbonyl (C=O) groups excluding carboxylic acids is 4. The zero-order valence-corrected chi connectivity index (χ0v) is 17.6. The highest BCUT2D eigenvalue weighted by Gasteiger charge is 2.39. The zero-order valence-electron chi connectivity index (χ0n) is 17.6. The number of aromatic nitrogens is 1. The summed E-state index contributed by atoms with van der Waals surface area (Å²) in [7, 11) is 0. The van der Waals surface area contributed by atoms with Gasteiger partial charge >= 0.3 is 0 Å². The Morgan fingerprint density at radius 1 is 0.656 bits per heavy atom. The van der Waals surface area contributed by atoms with Crippen LogP contribution in [0.4, 0.5) is 5.69 Å². The number of anilines is 1. The summed E-state index contributed by atoms with van der Waals surface area (Å²) in [4.78, 5) is 59.2. The molecule has 2 aliphatic heterocycles. The van der Waals surface area contributed by atoms with Gasteiger partial charge in [-0.25, -0.2) is 4.90 Å². The molecule has 160 valence electrons. The van der Waals surface area contributed by atoms with Crippen molar-refractivity contribution in [3.8, 4) is 0 Å². The Bertz CT molecular complexity index is 1230. The summed E-state index contributed by atoms with van der Waals surface area (Å²) in [6, 6.07) is 9.53. The monoisotopic (exact) mass is 427 g/mol. The minimum atomic E-state index is -0.487. The lowest BCUT2D eigenvalue weighted by Gasteiger charge is -2.31. The van der Waals surface area contributed by atoms with Gasteiger partial charge in [0.1, 0.15) is 0 Å². The molecule has 5 rings (SSSR count). The van der Waals surface area contributed by atoms with Crippen LogP contribution in [0.15, 0.2) is 48.8 Å². The molecule has 32 heavy (non-hydrogen) atoms. The van der Waals surface area contributed by atoms with Gasteiger partial charge in [0.2, 0.25) is 0 Å². The first-order valence-corrected chi connectivity index (χ1v) is 10.8. The molecule has 0 saturated carbocycles. The Hall–Kier alpha value is -3.87. The molecule has 0 radical (unpaired) electrons. The van der Waals surface area contributed by atoms with Crippen LogP contribution in [0, 0.1) is 0 Å². The third-order valence-electron chi connectivity index (χ3n) is 6.13. The van der Waals surface area contributed by atoms with Crippen molar-refractivity contribution in [3.63, 3.8) is 0 Å². The lowest BCUT2D eigenvalue weighted by atomic mass is 9.85. The first kappa shape index (κ1) is 20.1. The summed E-state index contributed by atoms with van der Waals surface area (Å²) in [6.07, 6.45) is 6.83. The number of benzene rings is 2. The van der Waals surface area contributed by atoms with E-state index in [-0.39, 0.29) is 11.8 Å². The van der Waals surface area contributed by atoms with Crippen LogP contribution in [0.5, 0.6) is 0 Å². The summed E-state index contributed by atoms with van der Waals surface area (Å²) in [5.74, 6) is -1.73. The third kappa shape index (κ3) is 2.85. The molecule has 0 saturated heterocycles. The van der Waals surface area contributed by atoms with Gasteiger partial charge in [-0.2, -0.15) is 0 Å². The molecule has 2 aliphatic rings. The highest BCUT2D eigenvalue weighted by molar-refractivity contribution is 6.39. The topological polar surface area (TPSA) is 87.7 Å². The molecule has 3 heterocycles. The Balaban J connectivity index is 1.62. The largest absolute Gasteiger partial charge is 0.274 e. The van der Waals surface area contributed by atoms with Gasteiger partial charge in [-0.3, -0.25) is 29.1 Å². The lowest BCUT2D eigenvalue weighted by molar-refractivity contribution is 0.0606. The summed E-state index contributed by atoms with van der Waals surface area (Å²) >= 11 is 0. The molecular formula is C25H21N3O4. The molecule has 0 fully saturated rings. The van der Waals surface area contributed by atoms with E-state index in [4.69, 9.17) is 0 Å². The second kappa shape index (κ2) is 7.67. The van der Waals surface area contributed by atoms with E-state index in [1.165, 1.54) is 17.3 Å². The van der Waals surface area contributed by atoms with Crippen molar-refractivity contribution in [2.75, 3.05) is 11.4 Å². The number of hydrogen-bond acceptors (Lipinski definition) is 5. The van der Waals surface area contributed by atoms with Gasteiger partial charge in [0.25, 0.3) is 23.6 Å². The van der Waals surface area contributed by atoms with E-state index in [0.29, 0.717) is 45.3 Å². The van der Waals surface area contributed by atoms with E-state index in [1.807, 2.05) is 0 Å². The molecule has 0 N–H and O–H groups in total. The van der Waals surface area contributed by atoms with Gasteiger partial charge < -0.3 is 0 Å². The Labute approximate surface area is 184 Å². The van der Waals surface area contributed by atoms with Crippen molar-refractivity contribution in [2.45, 2.75) is 32.6 Å². The van der Waals surface area contributed by atoms with Gasteiger partial charge in [-0.05, 0) is 42.8 Å². The maximum absolute atomic E-state index is 13.3. The fourth-order valence-electron chi connectivity index (χ4n) is 4.55. The number of hydrogen-bond donors (Lipinski definition) is 0. The van der Waals surface area contributed by atoms with Crippen LogP contribution in [0.3, 0.4) is 0 Å². The van der Waals surface area contributed by atoms with E-state index in [1.54, 1.807) is 36.4 Å². The molecule has 0 atom stereocenters. The minimum absolute atomic E-state index is 0.300. The van der Waals surface area contributed by atoms with Crippen LogP contribution in [0.25, 0.3) is 10.8 Å². The molecule has 1 aromatic heterocycles. The van der Waals surface area contributed by atoms with Gasteiger partial charge in [0.15, 0.2) is 0 Å². The van der Waals surface area contributed by atoms with Gasteiger partial charge in [-0.15, -0.1) is 0 Å². The second-order valence-electron chi connectivity index (χ2n) is 8.05. The van der Waals surface area contributed by atoms with Crippen molar-refractivity contribution in [3.05, 3.63) is 71.0 Å². The maximum atomic E-state index is 13.3. The van der Waals surface area contributed by atoms with Gasteiger partial charge in [-0.1, -0.05) is 26.2 Å². The average Bonchev–Trinajstić information content (AvgIpc) is 2.81. The molecule has 7 heteroatoms. The molecule has 4 amide bonds. The minimum Gasteiger partial charge on any atom is -0.274 e. The first-order chi connectivity index (χ1) is 15.5. The Kier molecular flexibility index (Phi) is 4.81. The van der Waals surface area contributed by atoms with E-state index in [0.717, 1.165) is 30.6 Å². The van der Waals surface area contributed by atoms with Crippen LogP contribution in [0.1, 0.15) is 74.0 Å². The van der Waals surface area contributed by atoms with E-state index < -0.39 is 11.8 Å². The normalized spacial score (nSPS) is 15.2. The SMILES string of the molecule is CCCCCCN1C(=O)c2ccc3c4c(ccc(c24)C1=O)C(=O)N(c1ccncc1)C3=O. The van der Waals surface area contributed by atoms with Crippen molar-refractivity contribution in [2.24, 2.45) is 0 Å². The average molecular weight is 427 g/mol. The van der Waals surface area contributed by atoms with Crippen LogP contribution in [0.2, 0.25) is 0 Å². The van der Waals surface area contributed by atoms with Crippen molar-refractivity contribution < 1.29 is 19.2 Å². The third-order valence-corrected chi connectivity index (χ3v) is 6.13. The van der Waals surface area contributed by atoms with E-state index in [2.05, 4.69) is 11.9 Å². The highest BCUT2D eigenvalue weighted by atomic mass is 16.2. The van der Waals surface area contributed by atoms with E-state index in [9.17, 15) is 19.2 Å². The van der Waals surface area contributed by atoms with Crippen LogP contribution in [-0.4, -0.2) is 40.1 Å². The number of pyridine rings is 1. The summed E-state index contributed by atoms with van der Waals surface area (Å²) in [5.41, 5.74) is 1.73. The fraction of sp³-hybridized carbons (Fsp3) is 0.240.